The minimum Gasteiger partial charge on any atom is -0.455 e. The van der Waals surface area contributed by atoms with E-state index in [9.17, 15) is 18.0 Å². The van der Waals surface area contributed by atoms with Crippen LogP contribution in [0.5, 0.6) is 0 Å². The van der Waals surface area contributed by atoms with Gasteiger partial charge in [0.2, 0.25) is 15.9 Å². The summed E-state index contributed by atoms with van der Waals surface area (Å²) in [4.78, 5) is 24.2. The Morgan fingerprint density at radius 3 is 2.48 bits per heavy atom. The van der Waals surface area contributed by atoms with Gasteiger partial charge in [0.15, 0.2) is 5.76 Å². The van der Waals surface area contributed by atoms with Crippen molar-refractivity contribution in [2.75, 3.05) is 26.2 Å². The fraction of sp³-hybridized carbons (Fsp3) is 0.364. The fourth-order valence-electron chi connectivity index (χ4n) is 3.28. The molecule has 8 nitrogen and oxygen atoms in total. The van der Waals surface area contributed by atoms with Gasteiger partial charge in [0.05, 0.1) is 0 Å². The second-order valence-corrected chi connectivity index (χ2v) is 9.19. The van der Waals surface area contributed by atoms with E-state index in [-0.39, 0.29) is 22.3 Å². The number of benzene rings is 1. The topological polar surface area (TPSA) is 109 Å². The number of rotatable bonds is 9. The first kappa shape index (κ1) is 22.8. The highest BCUT2D eigenvalue weighted by molar-refractivity contribution is 7.89. The zero-order valence-electron chi connectivity index (χ0n) is 17.5. The van der Waals surface area contributed by atoms with Crippen LogP contribution in [0.25, 0.3) is 6.08 Å². The summed E-state index contributed by atoms with van der Waals surface area (Å²) in [7, 11) is -3.64. The molecule has 31 heavy (non-hydrogen) atoms. The van der Waals surface area contributed by atoms with Gasteiger partial charge >= 0.3 is 0 Å². The molecule has 1 saturated heterocycles. The molecule has 2 N–H and O–H groups in total. The van der Waals surface area contributed by atoms with Gasteiger partial charge in [0, 0.05) is 38.3 Å². The van der Waals surface area contributed by atoms with Gasteiger partial charge in [0.1, 0.15) is 10.7 Å². The fourth-order valence-corrected chi connectivity index (χ4v) is 4.96. The zero-order chi connectivity index (χ0) is 22.3. The summed E-state index contributed by atoms with van der Waals surface area (Å²) >= 11 is 0. The third-order valence-corrected chi connectivity index (χ3v) is 6.95. The highest BCUT2D eigenvalue weighted by atomic mass is 32.2. The van der Waals surface area contributed by atoms with Crippen LogP contribution in [-0.4, -0.2) is 50.7 Å². The Morgan fingerprint density at radius 2 is 1.77 bits per heavy atom. The maximum absolute atomic E-state index is 12.7. The molecular formula is C22H27N3O5S. The molecule has 2 aromatic rings. The lowest BCUT2D eigenvalue weighted by Gasteiger charge is -2.14. The molecule has 1 aliphatic heterocycles. The Kier molecular flexibility index (Phi) is 7.64. The molecular weight excluding hydrogens is 418 g/mol. The predicted octanol–water partition coefficient (Wildman–Crippen LogP) is 2.32. The number of nitrogens with zero attached hydrogens (tertiary/aromatic N) is 1. The number of carbonyl (C=O) groups excluding carboxylic acids is 2. The van der Waals surface area contributed by atoms with Crippen LogP contribution in [0.1, 0.15) is 41.1 Å². The van der Waals surface area contributed by atoms with Crippen LogP contribution in [0.2, 0.25) is 0 Å². The standard InChI is InChI=1S/C22H27N3O5S/c1-17-20(31(28,29)25-14-5-6-15-25)16-19(30-17)22(27)24-13-7-12-23-21(26)11-10-18-8-3-2-4-9-18/h2-4,8-11,16H,5-7,12-15H2,1H3,(H,23,26)(H,24,27)/b11-10+. The Labute approximate surface area is 182 Å². The number of amides is 2. The van der Waals surface area contributed by atoms with Crippen molar-refractivity contribution in [1.29, 1.82) is 0 Å². The molecule has 0 saturated carbocycles. The molecule has 0 radical (unpaired) electrons. The van der Waals surface area contributed by atoms with Crippen molar-refractivity contribution in [2.24, 2.45) is 0 Å². The van der Waals surface area contributed by atoms with Crippen molar-refractivity contribution in [3.05, 3.63) is 59.6 Å². The number of aryl methyl sites for hydroxylation is 1. The minimum absolute atomic E-state index is 0.0369. The van der Waals surface area contributed by atoms with E-state index in [0.29, 0.717) is 32.6 Å². The molecule has 1 fully saturated rings. The number of sulfonamides is 1. The Balaban J connectivity index is 1.43. The van der Waals surface area contributed by atoms with Crippen LogP contribution >= 0.6 is 0 Å². The van der Waals surface area contributed by atoms with E-state index in [1.165, 1.54) is 23.4 Å². The van der Waals surface area contributed by atoms with Gasteiger partial charge in [-0.2, -0.15) is 4.31 Å². The van der Waals surface area contributed by atoms with Gasteiger partial charge in [-0.3, -0.25) is 9.59 Å². The van der Waals surface area contributed by atoms with Crippen molar-refractivity contribution < 1.29 is 22.4 Å². The van der Waals surface area contributed by atoms with E-state index in [0.717, 1.165) is 18.4 Å². The molecule has 166 valence electrons. The molecule has 0 aliphatic carbocycles. The van der Waals surface area contributed by atoms with E-state index in [1.807, 2.05) is 30.3 Å². The van der Waals surface area contributed by atoms with E-state index >= 15 is 0 Å². The lowest BCUT2D eigenvalue weighted by Crippen LogP contribution is -2.29. The number of nitrogens with one attached hydrogen (secondary N) is 2. The van der Waals surface area contributed by atoms with Gasteiger partial charge < -0.3 is 15.1 Å². The highest BCUT2D eigenvalue weighted by Crippen LogP contribution is 2.26. The summed E-state index contributed by atoms with van der Waals surface area (Å²) < 4.78 is 32.2. The van der Waals surface area contributed by atoms with Crippen LogP contribution in [-0.2, 0) is 14.8 Å². The van der Waals surface area contributed by atoms with Crippen LogP contribution in [0.15, 0.2) is 51.8 Å². The van der Waals surface area contributed by atoms with Crippen LogP contribution in [0.4, 0.5) is 0 Å². The van der Waals surface area contributed by atoms with Crippen molar-refractivity contribution in [3.63, 3.8) is 0 Å². The first-order valence-corrected chi connectivity index (χ1v) is 11.7. The Hall–Kier alpha value is -2.91. The summed E-state index contributed by atoms with van der Waals surface area (Å²) in [5, 5.41) is 5.43. The quantitative estimate of drug-likeness (QED) is 0.455. The zero-order valence-corrected chi connectivity index (χ0v) is 18.3. The van der Waals surface area contributed by atoms with Crippen LogP contribution in [0.3, 0.4) is 0 Å². The first-order chi connectivity index (χ1) is 14.9. The van der Waals surface area contributed by atoms with E-state index in [2.05, 4.69) is 10.6 Å². The molecule has 0 spiro atoms. The lowest BCUT2D eigenvalue weighted by atomic mass is 10.2. The van der Waals surface area contributed by atoms with Crippen LogP contribution in [0, 0.1) is 6.92 Å². The van der Waals surface area contributed by atoms with Gasteiger partial charge in [-0.15, -0.1) is 0 Å². The molecule has 2 heterocycles. The Bertz CT molecular complexity index is 1040. The average Bonchev–Trinajstić information content (AvgIpc) is 3.43. The smallest absolute Gasteiger partial charge is 0.287 e. The van der Waals surface area contributed by atoms with Gasteiger partial charge in [-0.05, 0) is 37.8 Å². The second kappa shape index (κ2) is 10.4. The number of furan rings is 1. The molecule has 0 unspecified atom stereocenters. The third-order valence-electron chi connectivity index (χ3n) is 4.94. The molecule has 1 aromatic heterocycles. The van der Waals surface area contributed by atoms with Crippen molar-refractivity contribution >= 4 is 27.9 Å². The molecule has 1 aliphatic rings. The largest absolute Gasteiger partial charge is 0.455 e. The van der Waals surface area contributed by atoms with E-state index in [1.54, 1.807) is 6.08 Å². The minimum atomic E-state index is -3.64. The molecule has 3 rings (SSSR count). The monoisotopic (exact) mass is 445 g/mol. The molecule has 2 amide bonds. The maximum atomic E-state index is 12.7. The SMILES string of the molecule is Cc1oc(C(=O)NCCCNC(=O)/C=C/c2ccccc2)cc1S(=O)(=O)N1CCCC1. The predicted molar refractivity (Wildman–Crippen MR) is 117 cm³/mol. The molecule has 9 heteroatoms. The normalized spacial score (nSPS) is 14.7. The van der Waals surface area contributed by atoms with Crippen molar-refractivity contribution in [2.45, 2.75) is 31.1 Å². The summed E-state index contributed by atoms with van der Waals surface area (Å²) in [6, 6.07) is 10.8. The first-order valence-electron chi connectivity index (χ1n) is 10.3. The lowest BCUT2D eigenvalue weighted by molar-refractivity contribution is -0.116. The highest BCUT2D eigenvalue weighted by Gasteiger charge is 2.31. The molecule has 0 atom stereocenters. The van der Waals surface area contributed by atoms with Crippen molar-refractivity contribution in [1.82, 2.24) is 14.9 Å². The maximum Gasteiger partial charge on any atom is 0.287 e. The number of carbonyl (C=O) groups is 2. The van der Waals surface area contributed by atoms with Gasteiger partial charge in [-0.25, -0.2) is 8.42 Å². The van der Waals surface area contributed by atoms with Crippen LogP contribution < -0.4 is 10.6 Å². The van der Waals surface area contributed by atoms with E-state index in [4.69, 9.17) is 4.42 Å². The van der Waals surface area contributed by atoms with E-state index < -0.39 is 15.9 Å². The Morgan fingerprint density at radius 1 is 1.10 bits per heavy atom. The van der Waals surface area contributed by atoms with Gasteiger partial charge in [0.25, 0.3) is 5.91 Å². The molecule has 0 bridgehead atoms. The average molecular weight is 446 g/mol. The molecule has 1 aromatic carbocycles. The second-order valence-electron chi connectivity index (χ2n) is 7.29. The summed E-state index contributed by atoms with van der Waals surface area (Å²) in [6.07, 6.45) is 5.38. The summed E-state index contributed by atoms with van der Waals surface area (Å²) in [5.74, 6) is -0.533. The summed E-state index contributed by atoms with van der Waals surface area (Å²) in [5.41, 5.74) is 0.935. The third kappa shape index (κ3) is 6.05. The van der Waals surface area contributed by atoms with Gasteiger partial charge in [-0.1, -0.05) is 30.3 Å². The van der Waals surface area contributed by atoms with Crippen molar-refractivity contribution in [3.8, 4) is 0 Å². The summed E-state index contributed by atoms with van der Waals surface area (Å²) in [6.45, 7) is 3.22. The number of hydrogen-bond donors (Lipinski definition) is 2. The number of hydrogen-bond acceptors (Lipinski definition) is 5.